The Bertz CT molecular complexity index is 372. The summed E-state index contributed by atoms with van der Waals surface area (Å²) in [5.74, 6) is 0. The molecule has 0 spiro atoms. The third-order valence-corrected chi connectivity index (χ3v) is 5.35. The molecule has 0 aliphatic carbocycles. The molecule has 1 aromatic rings. The van der Waals surface area contributed by atoms with Gasteiger partial charge in [-0.2, -0.15) is 4.31 Å². The average Bonchev–Trinajstić information content (AvgIpc) is 2.72. The monoisotopic (exact) mass is 249 g/mol. The van der Waals surface area contributed by atoms with E-state index in [1.54, 1.807) is 24.4 Å². The fraction of sp³-hybridized carbons (Fsp3) is 0.556. The van der Waals surface area contributed by atoms with E-state index in [0.29, 0.717) is 23.7 Å². The first-order valence-corrected chi connectivity index (χ1v) is 7.09. The van der Waals surface area contributed by atoms with Gasteiger partial charge in [0.25, 0.3) is 10.0 Å². The summed E-state index contributed by atoms with van der Waals surface area (Å²) in [4.78, 5) is 0. The minimum absolute atomic E-state index is 0.0104. The second-order valence-electron chi connectivity index (χ2n) is 3.01. The average molecular weight is 249 g/mol. The van der Waals surface area contributed by atoms with Gasteiger partial charge in [0.05, 0.1) is 0 Å². The number of rotatable bonds is 6. The molecule has 1 rings (SSSR count). The summed E-state index contributed by atoms with van der Waals surface area (Å²) in [5.41, 5.74) is 0. The van der Waals surface area contributed by atoms with Gasteiger partial charge in [0.15, 0.2) is 0 Å². The van der Waals surface area contributed by atoms with Gasteiger partial charge in [-0.1, -0.05) is 13.0 Å². The van der Waals surface area contributed by atoms with Crippen LogP contribution in [0, 0.1) is 0 Å². The minimum atomic E-state index is -3.34. The summed E-state index contributed by atoms with van der Waals surface area (Å²) in [6.07, 6.45) is 0.471. The Morgan fingerprint density at radius 1 is 1.53 bits per heavy atom. The maximum absolute atomic E-state index is 12.0. The Labute approximate surface area is 94.2 Å². The third kappa shape index (κ3) is 3.01. The molecule has 1 aromatic heterocycles. The van der Waals surface area contributed by atoms with Crippen LogP contribution in [0.4, 0.5) is 0 Å². The number of sulfonamides is 1. The van der Waals surface area contributed by atoms with Crippen molar-refractivity contribution in [3.8, 4) is 0 Å². The van der Waals surface area contributed by atoms with Crippen LogP contribution in [0.2, 0.25) is 0 Å². The predicted molar refractivity (Wildman–Crippen MR) is 60.5 cm³/mol. The van der Waals surface area contributed by atoms with Crippen LogP contribution < -0.4 is 0 Å². The Morgan fingerprint density at radius 2 is 2.27 bits per heavy atom. The quantitative estimate of drug-likeness (QED) is 0.822. The van der Waals surface area contributed by atoms with Gasteiger partial charge in [0.2, 0.25) is 0 Å². The highest BCUT2D eigenvalue weighted by atomic mass is 32.2. The second kappa shape index (κ2) is 5.60. The van der Waals surface area contributed by atoms with Crippen molar-refractivity contribution >= 4 is 21.4 Å². The molecule has 0 atom stereocenters. The van der Waals surface area contributed by atoms with Crippen LogP contribution in [0.5, 0.6) is 0 Å². The van der Waals surface area contributed by atoms with Crippen LogP contribution in [-0.4, -0.2) is 37.5 Å². The van der Waals surface area contributed by atoms with Crippen LogP contribution >= 0.6 is 11.3 Å². The molecule has 0 amide bonds. The molecule has 86 valence electrons. The van der Waals surface area contributed by atoms with Gasteiger partial charge in [-0.25, -0.2) is 8.42 Å². The van der Waals surface area contributed by atoms with Crippen molar-refractivity contribution in [3.05, 3.63) is 17.5 Å². The fourth-order valence-electron chi connectivity index (χ4n) is 1.23. The van der Waals surface area contributed by atoms with E-state index in [1.165, 1.54) is 15.6 Å². The predicted octanol–water partition coefficient (Wildman–Crippen LogP) is 1.14. The molecule has 0 radical (unpaired) electrons. The van der Waals surface area contributed by atoms with Crippen molar-refractivity contribution in [1.82, 2.24) is 4.31 Å². The lowest BCUT2D eigenvalue weighted by Gasteiger charge is -2.18. The molecule has 1 N–H and O–H groups in total. The minimum Gasteiger partial charge on any atom is -0.396 e. The van der Waals surface area contributed by atoms with Crippen molar-refractivity contribution in [3.63, 3.8) is 0 Å². The van der Waals surface area contributed by atoms with Gasteiger partial charge in [-0.15, -0.1) is 11.3 Å². The SMILES string of the molecule is CCN(CCCO)S(=O)(=O)c1cccs1. The highest BCUT2D eigenvalue weighted by molar-refractivity contribution is 7.91. The Morgan fingerprint density at radius 3 is 2.73 bits per heavy atom. The molecule has 0 aliphatic rings. The third-order valence-electron chi connectivity index (χ3n) is 2.01. The fourth-order valence-corrected chi connectivity index (χ4v) is 3.86. The summed E-state index contributed by atoms with van der Waals surface area (Å²) in [5, 5.41) is 10.4. The second-order valence-corrected chi connectivity index (χ2v) is 6.12. The van der Waals surface area contributed by atoms with Crippen molar-refractivity contribution in [2.75, 3.05) is 19.7 Å². The van der Waals surface area contributed by atoms with Crippen molar-refractivity contribution in [1.29, 1.82) is 0 Å². The molecule has 0 bridgehead atoms. The number of aliphatic hydroxyl groups excluding tert-OH is 1. The lowest BCUT2D eigenvalue weighted by Crippen LogP contribution is -2.31. The van der Waals surface area contributed by atoms with Crippen LogP contribution in [-0.2, 0) is 10.0 Å². The molecule has 0 aromatic carbocycles. The van der Waals surface area contributed by atoms with Crippen molar-refractivity contribution in [2.45, 2.75) is 17.6 Å². The topological polar surface area (TPSA) is 57.6 Å². The maximum Gasteiger partial charge on any atom is 0.252 e. The number of aliphatic hydroxyl groups is 1. The zero-order valence-electron chi connectivity index (χ0n) is 8.59. The lowest BCUT2D eigenvalue weighted by molar-refractivity contribution is 0.271. The number of hydrogen-bond acceptors (Lipinski definition) is 4. The molecule has 0 unspecified atom stereocenters. The van der Waals surface area contributed by atoms with Gasteiger partial charge < -0.3 is 5.11 Å². The molecular weight excluding hydrogens is 234 g/mol. The van der Waals surface area contributed by atoms with E-state index in [1.807, 2.05) is 0 Å². The molecule has 0 aliphatic heterocycles. The summed E-state index contributed by atoms with van der Waals surface area (Å²) in [7, 11) is -3.34. The molecule has 4 nitrogen and oxygen atoms in total. The van der Waals surface area contributed by atoms with Crippen molar-refractivity contribution in [2.24, 2.45) is 0 Å². The van der Waals surface area contributed by atoms with Crippen LogP contribution in [0.15, 0.2) is 21.7 Å². The van der Waals surface area contributed by atoms with E-state index >= 15 is 0 Å². The molecule has 0 saturated heterocycles. The van der Waals surface area contributed by atoms with E-state index in [-0.39, 0.29) is 6.61 Å². The lowest BCUT2D eigenvalue weighted by atomic mass is 10.4. The van der Waals surface area contributed by atoms with Gasteiger partial charge >= 0.3 is 0 Å². The largest absolute Gasteiger partial charge is 0.396 e. The smallest absolute Gasteiger partial charge is 0.252 e. The molecule has 0 fully saturated rings. The first-order chi connectivity index (χ1) is 7.12. The Hall–Kier alpha value is -0.430. The number of thiophene rings is 1. The van der Waals surface area contributed by atoms with Crippen LogP contribution in [0.1, 0.15) is 13.3 Å². The zero-order chi connectivity index (χ0) is 11.3. The molecule has 1 heterocycles. The van der Waals surface area contributed by atoms with Gasteiger partial charge in [-0.3, -0.25) is 0 Å². The zero-order valence-corrected chi connectivity index (χ0v) is 10.2. The number of hydrogen-bond donors (Lipinski definition) is 1. The maximum atomic E-state index is 12.0. The highest BCUT2D eigenvalue weighted by Crippen LogP contribution is 2.20. The van der Waals surface area contributed by atoms with E-state index < -0.39 is 10.0 Å². The molecular formula is C9H15NO3S2. The van der Waals surface area contributed by atoms with E-state index in [0.717, 1.165) is 0 Å². The Balaban J connectivity index is 2.83. The molecule has 0 saturated carbocycles. The normalized spacial score (nSPS) is 12.2. The summed E-state index contributed by atoms with van der Waals surface area (Å²) in [6, 6.07) is 3.32. The van der Waals surface area contributed by atoms with Gasteiger partial charge in [-0.05, 0) is 17.9 Å². The van der Waals surface area contributed by atoms with Crippen LogP contribution in [0.3, 0.4) is 0 Å². The summed E-state index contributed by atoms with van der Waals surface area (Å²) < 4.78 is 25.7. The van der Waals surface area contributed by atoms with Crippen LogP contribution in [0.25, 0.3) is 0 Å². The first-order valence-electron chi connectivity index (χ1n) is 4.77. The van der Waals surface area contributed by atoms with E-state index in [9.17, 15) is 8.42 Å². The van der Waals surface area contributed by atoms with E-state index in [2.05, 4.69) is 0 Å². The summed E-state index contributed by atoms with van der Waals surface area (Å²) >= 11 is 1.21. The molecule has 15 heavy (non-hydrogen) atoms. The van der Waals surface area contributed by atoms with Gasteiger partial charge in [0.1, 0.15) is 4.21 Å². The highest BCUT2D eigenvalue weighted by Gasteiger charge is 2.23. The van der Waals surface area contributed by atoms with Gasteiger partial charge in [0, 0.05) is 19.7 Å². The standard InChI is InChI=1S/C9H15NO3S2/c1-2-10(6-4-7-11)15(12,13)9-5-3-8-14-9/h3,5,8,11H,2,4,6-7H2,1H3. The number of nitrogens with zero attached hydrogens (tertiary/aromatic N) is 1. The molecule has 6 heteroatoms. The van der Waals surface area contributed by atoms with E-state index in [4.69, 9.17) is 5.11 Å². The first kappa shape index (κ1) is 12.6. The Kier molecular flexibility index (Phi) is 4.72. The summed E-state index contributed by atoms with van der Waals surface area (Å²) in [6.45, 7) is 2.60. The van der Waals surface area contributed by atoms with Crippen molar-refractivity contribution < 1.29 is 13.5 Å².